The highest BCUT2D eigenvalue weighted by molar-refractivity contribution is 14.0. The van der Waals surface area contributed by atoms with Crippen molar-refractivity contribution in [2.75, 3.05) is 25.1 Å². The van der Waals surface area contributed by atoms with Crippen LogP contribution in [0.4, 0.5) is 5.69 Å². The number of hydrogen-bond donors (Lipinski definition) is 2. The molecule has 160 valence electrons. The number of benzene rings is 1. The number of fused-ring (bicyclic) bond motifs is 1. The molecule has 0 spiro atoms. The first-order valence-electron chi connectivity index (χ1n) is 9.64. The number of nitrogens with one attached hydrogen (secondary N) is 2. The van der Waals surface area contributed by atoms with Crippen LogP contribution in [0.1, 0.15) is 22.8 Å². The molecule has 4 rings (SSSR count). The van der Waals surface area contributed by atoms with Gasteiger partial charge in [-0.25, -0.2) is 9.98 Å². The molecule has 0 saturated heterocycles. The number of ether oxygens (including phenoxy) is 2. The highest BCUT2D eigenvalue weighted by Gasteiger charge is 2.12. The number of guanidine groups is 1. The third-order valence-electron chi connectivity index (χ3n) is 4.48. The van der Waals surface area contributed by atoms with E-state index in [1.807, 2.05) is 42.8 Å². The Bertz CT molecular complexity index is 959. The van der Waals surface area contributed by atoms with Gasteiger partial charge in [0.1, 0.15) is 5.76 Å². The van der Waals surface area contributed by atoms with E-state index in [4.69, 9.17) is 18.9 Å². The van der Waals surface area contributed by atoms with Crippen molar-refractivity contribution in [3.05, 3.63) is 58.4 Å². The van der Waals surface area contributed by atoms with E-state index in [0.29, 0.717) is 32.3 Å². The van der Waals surface area contributed by atoms with E-state index in [0.717, 1.165) is 46.4 Å². The third kappa shape index (κ3) is 6.11. The molecule has 3 heterocycles. The van der Waals surface area contributed by atoms with Crippen molar-refractivity contribution in [3.63, 3.8) is 0 Å². The SMILES string of the molecule is Cc1ncsc1CN=C(NCCc1ccco1)Nc1ccc2c(c1)OCCCO2.I. The number of rotatable bonds is 6. The zero-order chi connectivity index (χ0) is 19.9. The average molecular weight is 540 g/mol. The van der Waals surface area contributed by atoms with Crippen molar-refractivity contribution in [3.8, 4) is 11.5 Å². The van der Waals surface area contributed by atoms with E-state index in [1.165, 1.54) is 0 Å². The maximum atomic E-state index is 5.79. The van der Waals surface area contributed by atoms with Crippen molar-refractivity contribution >= 4 is 47.0 Å². The molecule has 0 fully saturated rings. The molecule has 0 saturated carbocycles. The van der Waals surface area contributed by atoms with Crippen LogP contribution in [-0.2, 0) is 13.0 Å². The fourth-order valence-corrected chi connectivity index (χ4v) is 3.61. The van der Waals surface area contributed by atoms with Gasteiger partial charge in [0, 0.05) is 36.0 Å². The number of hydrogen-bond acceptors (Lipinski definition) is 6. The van der Waals surface area contributed by atoms with Gasteiger partial charge in [0.2, 0.25) is 0 Å². The van der Waals surface area contributed by atoms with Gasteiger partial charge in [0.15, 0.2) is 17.5 Å². The molecular formula is C21H25IN4O3S. The Hall–Kier alpha value is -2.27. The highest BCUT2D eigenvalue weighted by atomic mass is 127. The zero-order valence-corrected chi connectivity index (χ0v) is 19.9. The second kappa shape index (κ2) is 11.2. The van der Waals surface area contributed by atoms with E-state index in [9.17, 15) is 0 Å². The predicted octanol–water partition coefficient (Wildman–Crippen LogP) is 4.62. The molecule has 9 heteroatoms. The highest BCUT2D eigenvalue weighted by Crippen LogP contribution is 2.32. The van der Waals surface area contributed by atoms with Crippen LogP contribution in [0.25, 0.3) is 0 Å². The van der Waals surface area contributed by atoms with Gasteiger partial charge in [-0.2, -0.15) is 0 Å². The van der Waals surface area contributed by atoms with Crippen molar-refractivity contribution in [2.24, 2.45) is 4.99 Å². The van der Waals surface area contributed by atoms with Gasteiger partial charge in [-0.3, -0.25) is 0 Å². The number of furan rings is 1. The summed E-state index contributed by atoms with van der Waals surface area (Å²) in [6.45, 7) is 4.60. The maximum Gasteiger partial charge on any atom is 0.196 e. The van der Waals surface area contributed by atoms with Crippen LogP contribution < -0.4 is 20.1 Å². The molecule has 30 heavy (non-hydrogen) atoms. The van der Waals surface area contributed by atoms with E-state index < -0.39 is 0 Å². The number of anilines is 1. The molecule has 3 aromatic rings. The van der Waals surface area contributed by atoms with Crippen molar-refractivity contribution in [1.29, 1.82) is 0 Å². The van der Waals surface area contributed by atoms with Crippen LogP contribution >= 0.6 is 35.3 Å². The molecule has 1 aromatic carbocycles. The van der Waals surface area contributed by atoms with Gasteiger partial charge in [-0.05, 0) is 31.2 Å². The van der Waals surface area contributed by atoms with Crippen molar-refractivity contribution < 1.29 is 13.9 Å². The van der Waals surface area contributed by atoms with Crippen LogP contribution in [0, 0.1) is 6.92 Å². The summed E-state index contributed by atoms with van der Waals surface area (Å²) in [6.07, 6.45) is 3.34. The number of aryl methyl sites for hydroxylation is 1. The second-order valence-electron chi connectivity index (χ2n) is 6.62. The number of nitrogens with zero attached hydrogens (tertiary/aromatic N) is 2. The Labute approximate surface area is 196 Å². The Morgan fingerprint density at radius 1 is 1.20 bits per heavy atom. The van der Waals surface area contributed by atoms with E-state index >= 15 is 0 Å². The summed E-state index contributed by atoms with van der Waals surface area (Å²) < 4.78 is 16.9. The van der Waals surface area contributed by atoms with Crippen LogP contribution in [-0.4, -0.2) is 30.7 Å². The van der Waals surface area contributed by atoms with Gasteiger partial charge in [0.25, 0.3) is 0 Å². The van der Waals surface area contributed by atoms with Gasteiger partial charge in [-0.1, -0.05) is 0 Å². The molecule has 0 atom stereocenters. The lowest BCUT2D eigenvalue weighted by Crippen LogP contribution is -2.32. The smallest absolute Gasteiger partial charge is 0.196 e. The molecule has 0 amide bonds. The minimum absolute atomic E-state index is 0. The Morgan fingerprint density at radius 3 is 2.83 bits per heavy atom. The second-order valence-corrected chi connectivity index (χ2v) is 7.56. The summed E-state index contributed by atoms with van der Waals surface area (Å²) in [5.41, 5.74) is 3.75. The van der Waals surface area contributed by atoms with Crippen molar-refractivity contribution in [2.45, 2.75) is 26.3 Å². The molecule has 2 N–H and O–H groups in total. The Balaban J connectivity index is 0.00000256. The molecule has 1 aliphatic rings. The first-order valence-corrected chi connectivity index (χ1v) is 10.5. The summed E-state index contributed by atoms with van der Waals surface area (Å²) in [7, 11) is 0. The number of thiazole rings is 1. The minimum Gasteiger partial charge on any atom is -0.490 e. The normalized spacial score (nSPS) is 13.3. The summed E-state index contributed by atoms with van der Waals surface area (Å²) in [4.78, 5) is 10.2. The lowest BCUT2D eigenvalue weighted by molar-refractivity contribution is 0.297. The molecule has 7 nitrogen and oxygen atoms in total. The van der Waals surface area contributed by atoms with Crippen LogP contribution in [0.3, 0.4) is 0 Å². The standard InChI is InChI=1S/C21H24N4O3S.HI/c1-15-20(29-14-24-15)13-23-21(22-8-7-17-4-2-9-26-17)25-16-5-6-18-19(12-16)28-11-3-10-27-18;/h2,4-6,9,12,14H,3,7-8,10-11,13H2,1H3,(H2,22,23,25);1H. The maximum absolute atomic E-state index is 5.79. The lowest BCUT2D eigenvalue weighted by Gasteiger charge is -2.14. The fraction of sp³-hybridized carbons (Fsp3) is 0.333. The Kier molecular flexibility index (Phi) is 8.38. The topological polar surface area (TPSA) is 80.9 Å². The molecule has 0 bridgehead atoms. The minimum atomic E-state index is 0. The van der Waals surface area contributed by atoms with Crippen LogP contribution in [0.15, 0.2) is 51.5 Å². The predicted molar refractivity (Wildman–Crippen MR) is 129 cm³/mol. The third-order valence-corrected chi connectivity index (χ3v) is 5.40. The molecule has 2 aromatic heterocycles. The monoisotopic (exact) mass is 540 g/mol. The summed E-state index contributed by atoms with van der Waals surface area (Å²) in [5, 5.41) is 6.74. The van der Waals surface area contributed by atoms with E-state index in [1.54, 1.807) is 17.6 Å². The largest absolute Gasteiger partial charge is 0.490 e. The van der Waals surface area contributed by atoms with Crippen LogP contribution in [0.5, 0.6) is 11.5 Å². The summed E-state index contributed by atoms with van der Waals surface area (Å²) >= 11 is 1.62. The van der Waals surface area contributed by atoms with E-state index in [-0.39, 0.29) is 24.0 Å². The first-order chi connectivity index (χ1) is 14.3. The number of aliphatic imine (C=N–C) groups is 1. The van der Waals surface area contributed by atoms with Crippen LogP contribution in [0.2, 0.25) is 0 Å². The summed E-state index contributed by atoms with van der Waals surface area (Å²) in [6, 6.07) is 9.71. The summed E-state index contributed by atoms with van der Waals surface area (Å²) in [5.74, 6) is 3.16. The Morgan fingerprint density at radius 2 is 2.07 bits per heavy atom. The molecule has 1 aliphatic heterocycles. The van der Waals surface area contributed by atoms with E-state index in [2.05, 4.69) is 15.6 Å². The average Bonchev–Trinajstić information content (AvgIpc) is 3.32. The van der Waals surface area contributed by atoms with Crippen molar-refractivity contribution in [1.82, 2.24) is 10.3 Å². The molecule has 0 aliphatic carbocycles. The number of halogens is 1. The van der Waals surface area contributed by atoms with Gasteiger partial charge in [-0.15, -0.1) is 35.3 Å². The lowest BCUT2D eigenvalue weighted by atomic mass is 10.2. The van der Waals surface area contributed by atoms with Gasteiger partial charge in [0.05, 0.1) is 37.2 Å². The molecular weight excluding hydrogens is 515 g/mol. The molecule has 0 radical (unpaired) electrons. The quantitative estimate of drug-likeness (QED) is 0.270. The molecule has 0 unspecified atom stereocenters. The van der Waals surface area contributed by atoms with Gasteiger partial charge >= 0.3 is 0 Å². The van der Waals surface area contributed by atoms with Gasteiger partial charge < -0.3 is 24.5 Å². The number of aromatic nitrogens is 1. The zero-order valence-electron chi connectivity index (χ0n) is 16.7. The first kappa shape index (κ1) is 22.4. The fourth-order valence-electron chi connectivity index (χ4n) is 2.91.